The highest BCUT2D eigenvalue weighted by Crippen LogP contribution is 2.36. The average molecular weight is 1340 g/mol. The topological polar surface area (TPSA) is 123 Å². The van der Waals surface area contributed by atoms with E-state index in [1.807, 2.05) is 98.6 Å². The molecule has 0 bridgehead atoms. The van der Waals surface area contributed by atoms with Crippen molar-refractivity contribution in [1.82, 2.24) is 58.1 Å². The second-order valence-electron chi connectivity index (χ2n) is 25.7. The van der Waals surface area contributed by atoms with Gasteiger partial charge in [-0.2, -0.15) is 0 Å². The van der Waals surface area contributed by atoms with E-state index in [0.29, 0.717) is 0 Å². The average Bonchev–Trinajstić information content (AvgIpc) is 1.51. The van der Waals surface area contributed by atoms with Crippen LogP contribution in [0.3, 0.4) is 0 Å². The van der Waals surface area contributed by atoms with Gasteiger partial charge in [-0.1, -0.05) is 188 Å². The van der Waals surface area contributed by atoms with E-state index in [2.05, 4.69) is 309 Å². The molecule has 0 saturated carbocycles. The van der Waals surface area contributed by atoms with E-state index in [1.165, 1.54) is 53.9 Å². The van der Waals surface area contributed by atoms with Crippen molar-refractivity contribution in [3.63, 3.8) is 0 Å². The van der Waals surface area contributed by atoms with Gasteiger partial charge < -0.3 is 18.3 Å². The summed E-state index contributed by atoms with van der Waals surface area (Å²) in [6, 6.07) is 92.8. The van der Waals surface area contributed by atoms with Crippen molar-refractivity contribution >= 4 is 174 Å². The highest BCUT2D eigenvalue weighted by atomic mass is 15.0. The SMILES string of the molecule is Cn1c2ccccc2c2ccccc2c2cccnc2c2ncccc21.Cn1c2ccccc2c2cnccc2c2ccccc2c2cnccc21.Cn1c2ccncc2c2ccccc2c2cccnc2c2ccccc21.Cn1c2ccncc2c2ccccc2c2ncccc2c2ccccc21. The first-order valence-electron chi connectivity index (χ1n) is 34.7. The number of nitrogens with zero attached hydrogens (tertiary/aromatic N) is 12. The lowest BCUT2D eigenvalue weighted by Gasteiger charge is -2.06. The van der Waals surface area contributed by atoms with E-state index < -0.39 is 0 Å². The van der Waals surface area contributed by atoms with Crippen LogP contribution >= 0.6 is 0 Å². The van der Waals surface area contributed by atoms with Gasteiger partial charge >= 0.3 is 0 Å². The third-order valence-corrected chi connectivity index (χ3v) is 20.0. The molecule has 0 saturated heterocycles. The normalized spacial score (nSPS) is 11.3. The molecule has 0 aliphatic heterocycles. The molecule has 20 rings (SSSR count). The van der Waals surface area contributed by atoms with Crippen LogP contribution in [0.2, 0.25) is 0 Å². The largest absolute Gasteiger partial charge is 0.344 e. The maximum atomic E-state index is 4.76. The lowest BCUT2D eigenvalue weighted by Crippen LogP contribution is -1.93. The summed E-state index contributed by atoms with van der Waals surface area (Å²) in [6.07, 6.45) is 22.6. The number of aryl methyl sites for hydroxylation is 4. The third-order valence-electron chi connectivity index (χ3n) is 20.0. The zero-order valence-electron chi connectivity index (χ0n) is 57.7. The Balaban J connectivity index is 0.000000103. The third kappa shape index (κ3) is 11.4. The number of pyridine rings is 8. The van der Waals surface area contributed by atoms with E-state index in [0.717, 1.165) is 120 Å². The fraction of sp³-hybridized carbons (Fsp3) is 0.0435. The zero-order chi connectivity index (χ0) is 70.0. The van der Waals surface area contributed by atoms with E-state index in [9.17, 15) is 0 Å². The van der Waals surface area contributed by atoms with Crippen LogP contribution in [0, 0.1) is 0 Å². The summed E-state index contributed by atoms with van der Waals surface area (Å²) in [6.45, 7) is 0. The maximum absolute atomic E-state index is 4.76. The Morgan fingerprint density at radius 3 is 0.827 bits per heavy atom. The minimum absolute atomic E-state index is 0.900. The van der Waals surface area contributed by atoms with Crippen molar-refractivity contribution in [1.29, 1.82) is 0 Å². The van der Waals surface area contributed by atoms with E-state index in [-0.39, 0.29) is 0 Å². The molecular formula is C92H68N12. The molecule has 496 valence electrons. The van der Waals surface area contributed by atoms with Crippen molar-refractivity contribution in [3.8, 4) is 0 Å². The minimum atomic E-state index is 0.900. The summed E-state index contributed by atoms with van der Waals surface area (Å²) < 4.78 is 8.92. The van der Waals surface area contributed by atoms with Gasteiger partial charge in [-0.05, 0) is 122 Å². The van der Waals surface area contributed by atoms with E-state index >= 15 is 0 Å². The molecule has 0 aliphatic rings. The molecular weight excluding hydrogens is 1270 g/mol. The van der Waals surface area contributed by atoms with Crippen LogP contribution in [0.1, 0.15) is 0 Å². The molecule has 0 N–H and O–H groups in total. The van der Waals surface area contributed by atoms with E-state index in [4.69, 9.17) is 19.9 Å². The van der Waals surface area contributed by atoms with Crippen molar-refractivity contribution < 1.29 is 0 Å². The molecule has 8 aromatic carbocycles. The van der Waals surface area contributed by atoms with Crippen LogP contribution in [0.5, 0.6) is 0 Å². The summed E-state index contributed by atoms with van der Waals surface area (Å²) in [7, 11) is 8.42. The Kier molecular flexibility index (Phi) is 16.9. The predicted molar refractivity (Wildman–Crippen MR) is 435 cm³/mol. The summed E-state index contributed by atoms with van der Waals surface area (Å²) in [4.78, 5) is 36.6. The van der Waals surface area contributed by atoms with Crippen LogP contribution in [0.4, 0.5) is 0 Å². The molecule has 20 aromatic rings. The summed E-state index contributed by atoms with van der Waals surface area (Å²) >= 11 is 0. The molecule has 0 spiro atoms. The standard InChI is InChI=1S/4C23H17N3/c1-26-20-12-5-4-10-18(20)16-8-2-3-9-17(16)19-11-6-14-24-22(19)23-21(26)13-7-15-25-23;1-26-21-11-5-4-8-17(21)19-10-6-13-25-23(19)18-9-3-2-7-16(18)20-15-24-14-12-22(20)26;1-26-21-11-5-4-9-19(21)23-18(10-6-13-25-23)16-7-2-3-8-17(16)20-15-24-14-12-22(20)26;1-26-22-9-5-4-8-19(22)20-14-24-12-10-18(20)16-6-2-3-7-17(16)21-15-25-13-11-23(21)26/h4*2-15H,1H3. The van der Waals surface area contributed by atoms with Crippen LogP contribution < -0.4 is 0 Å². The van der Waals surface area contributed by atoms with Gasteiger partial charge in [0, 0.05) is 184 Å². The van der Waals surface area contributed by atoms with Crippen LogP contribution in [-0.4, -0.2) is 58.1 Å². The van der Waals surface area contributed by atoms with Crippen molar-refractivity contribution in [2.75, 3.05) is 0 Å². The number of rotatable bonds is 0. The molecule has 12 nitrogen and oxygen atoms in total. The maximum Gasteiger partial charge on any atom is 0.113 e. The Hall–Kier alpha value is -13.8. The second kappa shape index (κ2) is 27.7. The van der Waals surface area contributed by atoms with Gasteiger partial charge in [-0.3, -0.25) is 39.9 Å². The quantitative estimate of drug-likeness (QED) is 0.147. The summed E-state index contributed by atoms with van der Waals surface area (Å²) in [5.74, 6) is 0. The summed E-state index contributed by atoms with van der Waals surface area (Å²) in [5.41, 5.74) is 12.9. The molecule has 0 amide bonds. The first kappa shape index (κ1) is 63.6. The van der Waals surface area contributed by atoms with Gasteiger partial charge in [0.25, 0.3) is 0 Å². The number of hydrogen-bond donors (Lipinski definition) is 0. The Morgan fingerprint density at radius 2 is 0.375 bits per heavy atom. The molecule has 0 radical (unpaired) electrons. The number of hydrogen-bond acceptors (Lipinski definition) is 8. The highest BCUT2D eigenvalue weighted by Gasteiger charge is 2.14. The Morgan fingerprint density at radius 1 is 0.154 bits per heavy atom. The number of fused-ring (bicyclic) bond motifs is 28. The molecule has 12 heterocycles. The van der Waals surface area contributed by atoms with Gasteiger partial charge in [0.1, 0.15) is 5.52 Å². The van der Waals surface area contributed by atoms with Gasteiger partial charge in [-0.15, -0.1) is 0 Å². The van der Waals surface area contributed by atoms with Gasteiger partial charge in [0.15, 0.2) is 0 Å². The minimum Gasteiger partial charge on any atom is -0.344 e. The lowest BCUT2D eigenvalue weighted by atomic mass is 10.0. The van der Waals surface area contributed by atoms with Gasteiger partial charge in [0.2, 0.25) is 0 Å². The van der Waals surface area contributed by atoms with Gasteiger partial charge in [0.05, 0.1) is 44.1 Å². The predicted octanol–water partition coefficient (Wildman–Crippen LogP) is 22.2. The van der Waals surface area contributed by atoms with Gasteiger partial charge in [-0.25, -0.2) is 0 Å². The zero-order valence-corrected chi connectivity index (χ0v) is 57.7. The van der Waals surface area contributed by atoms with Crippen molar-refractivity contribution in [2.45, 2.75) is 0 Å². The summed E-state index contributed by atoms with van der Waals surface area (Å²) in [5, 5.41) is 23.2. The Bertz CT molecular complexity index is 5820. The van der Waals surface area contributed by atoms with Crippen LogP contribution in [0.15, 0.2) is 341 Å². The number of aromatic nitrogens is 12. The number of para-hydroxylation sites is 4. The molecule has 0 unspecified atom stereocenters. The molecule has 12 heteroatoms. The fourth-order valence-corrected chi connectivity index (χ4v) is 15.1. The first-order valence-corrected chi connectivity index (χ1v) is 34.7. The van der Waals surface area contributed by atoms with Crippen LogP contribution in [0.25, 0.3) is 174 Å². The molecule has 104 heavy (non-hydrogen) atoms. The first-order chi connectivity index (χ1) is 51.4. The molecule has 0 fully saturated rings. The van der Waals surface area contributed by atoms with Crippen LogP contribution in [-0.2, 0) is 28.2 Å². The molecule has 12 aromatic heterocycles. The second-order valence-corrected chi connectivity index (χ2v) is 25.7. The lowest BCUT2D eigenvalue weighted by molar-refractivity contribution is 1.00. The smallest absolute Gasteiger partial charge is 0.113 e. The number of benzene rings is 8. The highest BCUT2D eigenvalue weighted by molar-refractivity contribution is 6.22. The molecule has 0 aliphatic carbocycles. The van der Waals surface area contributed by atoms with Crippen molar-refractivity contribution in [3.05, 3.63) is 341 Å². The van der Waals surface area contributed by atoms with Crippen molar-refractivity contribution in [2.24, 2.45) is 28.2 Å². The fourth-order valence-electron chi connectivity index (χ4n) is 15.1. The molecule has 0 atom stereocenters. The Labute approximate surface area is 598 Å². The monoisotopic (exact) mass is 1340 g/mol. The van der Waals surface area contributed by atoms with E-state index in [1.54, 1.807) is 0 Å².